The Morgan fingerprint density at radius 2 is 2.12 bits per heavy atom. The van der Waals surface area contributed by atoms with Crippen LogP contribution in [-0.2, 0) is 4.74 Å². The minimum Gasteiger partial charge on any atom is -0.373 e. The van der Waals surface area contributed by atoms with Crippen molar-refractivity contribution >= 4 is 0 Å². The maximum absolute atomic E-state index is 5.90. The van der Waals surface area contributed by atoms with Crippen molar-refractivity contribution in [2.75, 3.05) is 0 Å². The van der Waals surface area contributed by atoms with Gasteiger partial charge in [-0.25, -0.2) is 0 Å². The Labute approximate surface area is 103 Å². The second-order valence-corrected chi connectivity index (χ2v) is 5.25. The third-order valence-corrected chi connectivity index (χ3v) is 4.13. The first-order valence-corrected chi connectivity index (χ1v) is 6.83. The van der Waals surface area contributed by atoms with Crippen molar-refractivity contribution in [3.8, 4) is 0 Å². The van der Waals surface area contributed by atoms with Gasteiger partial charge in [0.2, 0.25) is 0 Å². The van der Waals surface area contributed by atoms with E-state index in [-0.39, 0.29) is 0 Å². The lowest BCUT2D eigenvalue weighted by atomic mass is 9.93. The summed E-state index contributed by atoms with van der Waals surface area (Å²) < 4.78 is 5.90. The van der Waals surface area contributed by atoms with E-state index in [9.17, 15) is 0 Å². The zero-order valence-corrected chi connectivity index (χ0v) is 10.4. The molecule has 4 atom stereocenters. The number of fused-ring (bicyclic) bond motifs is 2. The summed E-state index contributed by atoms with van der Waals surface area (Å²) >= 11 is 0. The van der Waals surface area contributed by atoms with Crippen LogP contribution in [0.4, 0.5) is 0 Å². The molecular formula is C15H21NO. The lowest BCUT2D eigenvalue weighted by molar-refractivity contribution is 0.0959. The maximum atomic E-state index is 5.90. The van der Waals surface area contributed by atoms with E-state index in [1.54, 1.807) is 0 Å². The van der Waals surface area contributed by atoms with E-state index < -0.39 is 0 Å². The Kier molecular flexibility index (Phi) is 3.17. The molecule has 3 rings (SSSR count). The fourth-order valence-electron chi connectivity index (χ4n) is 3.21. The number of rotatable bonds is 4. The van der Waals surface area contributed by atoms with Crippen molar-refractivity contribution in [2.24, 2.45) is 0 Å². The minimum absolute atomic E-state index is 0.470. The average Bonchev–Trinajstić information content (AvgIpc) is 2.99. The highest BCUT2D eigenvalue weighted by Gasteiger charge is 2.41. The minimum atomic E-state index is 0.470. The van der Waals surface area contributed by atoms with Gasteiger partial charge in [-0.2, -0.15) is 0 Å². The Morgan fingerprint density at radius 1 is 1.29 bits per heavy atom. The van der Waals surface area contributed by atoms with Crippen LogP contribution in [0.5, 0.6) is 0 Å². The molecule has 1 aromatic carbocycles. The molecule has 17 heavy (non-hydrogen) atoms. The van der Waals surface area contributed by atoms with Crippen molar-refractivity contribution in [3.05, 3.63) is 35.9 Å². The molecule has 0 spiro atoms. The van der Waals surface area contributed by atoms with Crippen LogP contribution in [0.15, 0.2) is 30.3 Å². The van der Waals surface area contributed by atoms with Gasteiger partial charge in [-0.3, -0.25) is 0 Å². The van der Waals surface area contributed by atoms with Gasteiger partial charge in [0, 0.05) is 12.1 Å². The number of hydrogen-bond donors (Lipinski definition) is 1. The summed E-state index contributed by atoms with van der Waals surface area (Å²) in [6.45, 7) is 2.25. The molecule has 0 amide bonds. The van der Waals surface area contributed by atoms with E-state index in [4.69, 9.17) is 4.74 Å². The van der Waals surface area contributed by atoms with Crippen molar-refractivity contribution in [1.82, 2.24) is 5.32 Å². The van der Waals surface area contributed by atoms with Gasteiger partial charge in [-0.15, -0.1) is 0 Å². The van der Waals surface area contributed by atoms with Gasteiger partial charge < -0.3 is 10.1 Å². The monoisotopic (exact) mass is 231 g/mol. The molecule has 0 aromatic heterocycles. The average molecular weight is 231 g/mol. The summed E-state index contributed by atoms with van der Waals surface area (Å²) in [6, 6.07) is 11.8. The summed E-state index contributed by atoms with van der Waals surface area (Å²) in [5.41, 5.74) is 1.40. The zero-order valence-electron chi connectivity index (χ0n) is 10.4. The van der Waals surface area contributed by atoms with Crippen LogP contribution >= 0.6 is 0 Å². The summed E-state index contributed by atoms with van der Waals surface area (Å²) in [7, 11) is 0. The van der Waals surface area contributed by atoms with Gasteiger partial charge in [0.15, 0.2) is 0 Å². The Hall–Kier alpha value is -0.860. The molecule has 1 N–H and O–H groups in total. The molecule has 2 aliphatic heterocycles. The second-order valence-electron chi connectivity index (χ2n) is 5.25. The van der Waals surface area contributed by atoms with Crippen LogP contribution < -0.4 is 5.32 Å². The fourth-order valence-corrected chi connectivity index (χ4v) is 3.21. The van der Waals surface area contributed by atoms with E-state index >= 15 is 0 Å². The van der Waals surface area contributed by atoms with E-state index in [2.05, 4.69) is 42.6 Å². The molecular weight excluding hydrogens is 210 g/mol. The van der Waals surface area contributed by atoms with Crippen LogP contribution in [0, 0.1) is 0 Å². The Morgan fingerprint density at radius 3 is 2.71 bits per heavy atom. The molecule has 2 aliphatic rings. The van der Waals surface area contributed by atoms with E-state index in [0.717, 1.165) is 6.42 Å². The van der Waals surface area contributed by atoms with Crippen LogP contribution in [-0.4, -0.2) is 18.2 Å². The number of nitrogens with one attached hydrogen (secondary N) is 1. The number of hydrogen-bond acceptors (Lipinski definition) is 2. The maximum Gasteiger partial charge on any atom is 0.0733 e. The van der Waals surface area contributed by atoms with Crippen molar-refractivity contribution < 1.29 is 4.74 Å². The van der Waals surface area contributed by atoms with E-state index in [1.807, 2.05) is 0 Å². The van der Waals surface area contributed by atoms with Crippen molar-refractivity contribution in [3.63, 3.8) is 0 Å². The molecule has 2 heterocycles. The number of benzene rings is 1. The molecule has 0 aliphatic carbocycles. The summed E-state index contributed by atoms with van der Waals surface area (Å²) in [5, 5.41) is 3.79. The largest absolute Gasteiger partial charge is 0.373 e. The SMILES string of the molecule is CCC(NC1CC2CCC1O2)c1ccccc1. The normalized spacial score (nSPS) is 32.9. The molecule has 0 saturated carbocycles. The van der Waals surface area contributed by atoms with Crippen LogP contribution in [0.2, 0.25) is 0 Å². The first-order valence-electron chi connectivity index (χ1n) is 6.83. The van der Waals surface area contributed by atoms with Crippen LogP contribution in [0.3, 0.4) is 0 Å². The second kappa shape index (κ2) is 4.79. The molecule has 2 bridgehead atoms. The summed E-state index contributed by atoms with van der Waals surface area (Å²) in [5.74, 6) is 0. The smallest absolute Gasteiger partial charge is 0.0733 e. The Bertz CT molecular complexity index is 364. The van der Waals surface area contributed by atoms with Crippen LogP contribution in [0.25, 0.3) is 0 Å². The van der Waals surface area contributed by atoms with Gasteiger partial charge in [0.1, 0.15) is 0 Å². The third-order valence-electron chi connectivity index (χ3n) is 4.13. The highest BCUT2D eigenvalue weighted by molar-refractivity contribution is 5.19. The van der Waals surface area contributed by atoms with E-state index in [0.29, 0.717) is 24.3 Å². The standard InChI is InChI=1S/C15H21NO/c1-2-13(11-6-4-3-5-7-11)16-14-10-12-8-9-15(14)17-12/h3-7,12-16H,2,8-10H2,1H3. The highest BCUT2D eigenvalue weighted by Crippen LogP contribution is 2.35. The molecule has 0 radical (unpaired) electrons. The molecule has 2 nitrogen and oxygen atoms in total. The lowest BCUT2D eigenvalue weighted by Crippen LogP contribution is -2.39. The molecule has 92 valence electrons. The third kappa shape index (κ3) is 2.24. The topological polar surface area (TPSA) is 21.3 Å². The van der Waals surface area contributed by atoms with Crippen molar-refractivity contribution in [2.45, 2.75) is 56.9 Å². The zero-order chi connectivity index (χ0) is 11.7. The molecule has 2 heteroatoms. The lowest BCUT2D eigenvalue weighted by Gasteiger charge is -2.26. The Balaban J connectivity index is 1.67. The van der Waals surface area contributed by atoms with E-state index in [1.165, 1.54) is 24.8 Å². The fraction of sp³-hybridized carbons (Fsp3) is 0.600. The first-order chi connectivity index (χ1) is 8.36. The molecule has 2 saturated heterocycles. The quantitative estimate of drug-likeness (QED) is 0.860. The van der Waals surface area contributed by atoms with Gasteiger partial charge in [0.25, 0.3) is 0 Å². The van der Waals surface area contributed by atoms with Gasteiger partial charge in [-0.05, 0) is 31.2 Å². The first kappa shape index (κ1) is 11.2. The predicted octanol–water partition coefficient (Wildman–Crippen LogP) is 3.05. The number of ether oxygens (including phenoxy) is 1. The summed E-state index contributed by atoms with van der Waals surface area (Å²) in [6.07, 6.45) is 5.85. The van der Waals surface area contributed by atoms with Gasteiger partial charge in [-0.1, -0.05) is 37.3 Å². The molecule has 2 fully saturated rings. The molecule has 4 unspecified atom stereocenters. The van der Waals surface area contributed by atoms with Gasteiger partial charge in [0.05, 0.1) is 12.2 Å². The van der Waals surface area contributed by atoms with Crippen LogP contribution in [0.1, 0.15) is 44.2 Å². The van der Waals surface area contributed by atoms with Gasteiger partial charge >= 0.3 is 0 Å². The molecule has 1 aromatic rings. The summed E-state index contributed by atoms with van der Waals surface area (Å²) in [4.78, 5) is 0. The van der Waals surface area contributed by atoms with Crippen molar-refractivity contribution in [1.29, 1.82) is 0 Å². The predicted molar refractivity (Wildman–Crippen MR) is 68.9 cm³/mol. The highest BCUT2D eigenvalue weighted by atomic mass is 16.5.